The van der Waals surface area contributed by atoms with Gasteiger partial charge in [0.1, 0.15) is 11.6 Å². The van der Waals surface area contributed by atoms with Crippen molar-refractivity contribution in [1.82, 2.24) is 4.98 Å². The van der Waals surface area contributed by atoms with Gasteiger partial charge < -0.3 is 4.74 Å². The normalized spacial score (nSPS) is 10.1. The second-order valence-corrected chi connectivity index (χ2v) is 3.68. The van der Waals surface area contributed by atoms with Crippen LogP contribution in [0, 0.1) is 5.82 Å². The molecule has 2 aromatic rings. The van der Waals surface area contributed by atoms with Crippen LogP contribution in [0.15, 0.2) is 42.7 Å². The molecule has 1 heterocycles. The van der Waals surface area contributed by atoms with Crippen LogP contribution in [0.25, 0.3) is 0 Å². The quantitative estimate of drug-likeness (QED) is 0.777. The van der Waals surface area contributed by atoms with Crippen molar-refractivity contribution in [2.24, 2.45) is 0 Å². The maximum Gasteiger partial charge on any atom is 0.194 e. The maximum absolute atomic E-state index is 12.8. The molecule has 0 saturated heterocycles. The summed E-state index contributed by atoms with van der Waals surface area (Å²) in [5.41, 5.74) is 0.847. The summed E-state index contributed by atoms with van der Waals surface area (Å²) >= 11 is 0. The van der Waals surface area contributed by atoms with Gasteiger partial charge in [0, 0.05) is 17.3 Å². The SMILES string of the molecule is CCOc1cncc(C(=O)c2ccc(F)cc2)c1. The highest BCUT2D eigenvalue weighted by molar-refractivity contribution is 6.08. The molecule has 0 aliphatic carbocycles. The number of hydrogen-bond donors (Lipinski definition) is 0. The van der Waals surface area contributed by atoms with E-state index in [2.05, 4.69) is 4.98 Å². The molecule has 4 heteroatoms. The van der Waals surface area contributed by atoms with Crippen molar-refractivity contribution < 1.29 is 13.9 Å². The summed E-state index contributed by atoms with van der Waals surface area (Å²) in [6, 6.07) is 7.04. The predicted molar refractivity (Wildman–Crippen MR) is 65.2 cm³/mol. The minimum atomic E-state index is -0.368. The summed E-state index contributed by atoms with van der Waals surface area (Å²) in [5.74, 6) is -0.0257. The van der Waals surface area contributed by atoms with Gasteiger partial charge in [-0.2, -0.15) is 0 Å². The molecule has 92 valence electrons. The van der Waals surface area contributed by atoms with Gasteiger partial charge in [0.2, 0.25) is 0 Å². The van der Waals surface area contributed by atoms with Crippen molar-refractivity contribution in [3.63, 3.8) is 0 Å². The molecular weight excluding hydrogens is 233 g/mol. The Morgan fingerprint density at radius 3 is 2.61 bits per heavy atom. The molecular formula is C14H12FNO2. The van der Waals surface area contributed by atoms with Gasteiger partial charge in [0.25, 0.3) is 0 Å². The van der Waals surface area contributed by atoms with Crippen molar-refractivity contribution in [2.45, 2.75) is 6.92 Å². The lowest BCUT2D eigenvalue weighted by Gasteiger charge is -2.05. The van der Waals surface area contributed by atoms with Crippen LogP contribution >= 0.6 is 0 Å². The van der Waals surface area contributed by atoms with Crippen LogP contribution in [0.3, 0.4) is 0 Å². The van der Waals surface area contributed by atoms with E-state index >= 15 is 0 Å². The van der Waals surface area contributed by atoms with Crippen molar-refractivity contribution in [2.75, 3.05) is 6.61 Å². The maximum atomic E-state index is 12.8. The summed E-state index contributed by atoms with van der Waals surface area (Å²) in [4.78, 5) is 16.0. The first-order chi connectivity index (χ1) is 8.70. The van der Waals surface area contributed by atoms with E-state index in [-0.39, 0.29) is 11.6 Å². The van der Waals surface area contributed by atoms with Crippen LogP contribution in [-0.4, -0.2) is 17.4 Å². The Kier molecular flexibility index (Phi) is 3.67. The van der Waals surface area contributed by atoms with Crippen molar-refractivity contribution in [3.8, 4) is 5.75 Å². The Morgan fingerprint density at radius 2 is 1.94 bits per heavy atom. The minimum Gasteiger partial charge on any atom is -0.492 e. The molecule has 0 fully saturated rings. The molecule has 0 N–H and O–H groups in total. The highest BCUT2D eigenvalue weighted by atomic mass is 19.1. The number of nitrogens with zero attached hydrogens (tertiary/aromatic N) is 1. The number of carbonyl (C=O) groups is 1. The van der Waals surface area contributed by atoms with Crippen LogP contribution in [-0.2, 0) is 0 Å². The van der Waals surface area contributed by atoms with Gasteiger partial charge in [-0.25, -0.2) is 4.39 Å². The Balaban J connectivity index is 2.28. The third-order valence-electron chi connectivity index (χ3n) is 2.39. The Morgan fingerprint density at radius 1 is 1.22 bits per heavy atom. The standard InChI is InChI=1S/C14H12FNO2/c1-2-18-13-7-11(8-16-9-13)14(17)10-3-5-12(15)6-4-10/h3-9H,2H2,1H3. The van der Waals surface area contributed by atoms with Crippen LogP contribution in [0.2, 0.25) is 0 Å². The van der Waals surface area contributed by atoms with Gasteiger partial charge in [-0.3, -0.25) is 9.78 Å². The van der Waals surface area contributed by atoms with Gasteiger partial charge in [-0.15, -0.1) is 0 Å². The van der Waals surface area contributed by atoms with Gasteiger partial charge in [0.15, 0.2) is 5.78 Å². The van der Waals surface area contributed by atoms with Crippen molar-refractivity contribution in [1.29, 1.82) is 0 Å². The molecule has 0 saturated carbocycles. The largest absolute Gasteiger partial charge is 0.492 e. The molecule has 0 amide bonds. The monoisotopic (exact) mass is 245 g/mol. The molecule has 1 aromatic heterocycles. The molecule has 0 aliphatic heterocycles. The summed E-state index contributed by atoms with van der Waals surface area (Å²) in [7, 11) is 0. The van der Waals surface area contributed by atoms with Crippen LogP contribution in [0.4, 0.5) is 4.39 Å². The number of benzene rings is 1. The molecule has 0 atom stereocenters. The number of pyridine rings is 1. The van der Waals surface area contributed by atoms with Gasteiger partial charge in [-0.1, -0.05) is 0 Å². The molecule has 2 rings (SSSR count). The van der Waals surface area contributed by atoms with E-state index in [1.54, 1.807) is 12.3 Å². The molecule has 3 nitrogen and oxygen atoms in total. The first-order valence-corrected chi connectivity index (χ1v) is 5.59. The number of ether oxygens (including phenoxy) is 1. The number of carbonyl (C=O) groups excluding carboxylic acids is 1. The smallest absolute Gasteiger partial charge is 0.194 e. The number of hydrogen-bond acceptors (Lipinski definition) is 3. The van der Waals surface area contributed by atoms with Gasteiger partial charge >= 0.3 is 0 Å². The first kappa shape index (κ1) is 12.2. The predicted octanol–water partition coefficient (Wildman–Crippen LogP) is 2.85. The summed E-state index contributed by atoms with van der Waals surface area (Å²) in [6.07, 6.45) is 3.01. The van der Waals surface area contributed by atoms with Crippen LogP contribution in [0.5, 0.6) is 5.75 Å². The number of ketones is 1. The van der Waals surface area contributed by atoms with E-state index in [4.69, 9.17) is 4.74 Å². The number of halogens is 1. The Bertz CT molecular complexity index is 552. The molecule has 1 aromatic carbocycles. The minimum absolute atomic E-state index is 0.205. The third kappa shape index (κ3) is 2.71. The summed E-state index contributed by atoms with van der Waals surface area (Å²) in [6.45, 7) is 2.37. The van der Waals surface area contributed by atoms with E-state index in [0.717, 1.165) is 0 Å². The summed E-state index contributed by atoms with van der Waals surface area (Å²) in [5, 5.41) is 0. The van der Waals surface area contributed by atoms with Gasteiger partial charge in [0.05, 0.1) is 12.8 Å². The highest BCUT2D eigenvalue weighted by Gasteiger charge is 2.10. The second-order valence-electron chi connectivity index (χ2n) is 3.68. The molecule has 0 spiro atoms. The fraction of sp³-hybridized carbons (Fsp3) is 0.143. The van der Waals surface area contributed by atoms with Crippen LogP contribution in [0.1, 0.15) is 22.8 Å². The summed E-state index contributed by atoms with van der Waals surface area (Å²) < 4.78 is 18.1. The van der Waals surface area contributed by atoms with E-state index in [0.29, 0.717) is 23.5 Å². The van der Waals surface area contributed by atoms with E-state index in [1.165, 1.54) is 30.5 Å². The highest BCUT2D eigenvalue weighted by Crippen LogP contribution is 2.15. The van der Waals surface area contributed by atoms with E-state index in [9.17, 15) is 9.18 Å². The van der Waals surface area contributed by atoms with Crippen molar-refractivity contribution in [3.05, 3.63) is 59.7 Å². The van der Waals surface area contributed by atoms with E-state index in [1.807, 2.05) is 6.92 Å². The fourth-order valence-electron chi connectivity index (χ4n) is 1.56. The molecule has 0 unspecified atom stereocenters. The van der Waals surface area contributed by atoms with Crippen molar-refractivity contribution >= 4 is 5.78 Å². The molecule has 18 heavy (non-hydrogen) atoms. The Hall–Kier alpha value is -2.23. The number of aromatic nitrogens is 1. The lowest BCUT2D eigenvalue weighted by molar-refractivity contribution is 0.103. The molecule has 0 aliphatic rings. The lowest BCUT2D eigenvalue weighted by Crippen LogP contribution is -2.03. The average Bonchev–Trinajstić information content (AvgIpc) is 2.39. The molecule has 0 radical (unpaired) electrons. The fourth-order valence-corrected chi connectivity index (χ4v) is 1.56. The van der Waals surface area contributed by atoms with Gasteiger partial charge in [-0.05, 0) is 37.3 Å². The number of rotatable bonds is 4. The zero-order valence-electron chi connectivity index (χ0n) is 9.89. The average molecular weight is 245 g/mol. The topological polar surface area (TPSA) is 39.2 Å². The zero-order valence-corrected chi connectivity index (χ0v) is 9.89. The first-order valence-electron chi connectivity index (χ1n) is 5.59. The Labute approximate surface area is 104 Å². The third-order valence-corrected chi connectivity index (χ3v) is 2.39. The second kappa shape index (κ2) is 5.40. The zero-order chi connectivity index (χ0) is 13.0. The van der Waals surface area contributed by atoms with E-state index < -0.39 is 0 Å². The molecule has 0 bridgehead atoms. The van der Waals surface area contributed by atoms with Crippen LogP contribution < -0.4 is 4.74 Å². The lowest BCUT2D eigenvalue weighted by atomic mass is 10.1.